The molecule has 186 valence electrons. The van der Waals surface area contributed by atoms with Crippen molar-refractivity contribution in [3.8, 4) is 11.5 Å². The molecule has 2 aromatic rings. The molecule has 36 heavy (non-hydrogen) atoms. The number of rotatable bonds is 7. The van der Waals surface area contributed by atoms with Crippen LogP contribution in [0.3, 0.4) is 0 Å². The summed E-state index contributed by atoms with van der Waals surface area (Å²) in [6.07, 6.45) is 1.45. The van der Waals surface area contributed by atoms with Crippen molar-refractivity contribution in [2.75, 3.05) is 32.8 Å². The molecule has 0 saturated carbocycles. The number of amides is 3. The lowest BCUT2D eigenvalue weighted by Gasteiger charge is -2.28. The van der Waals surface area contributed by atoms with Gasteiger partial charge in [-0.05, 0) is 41.6 Å². The molecule has 2 aromatic carbocycles. The van der Waals surface area contributed by atoms with Crippen LogP contribution >= 0.6 is 11.8 Å². The van der Waals surface area contributed by atoms with Crippen molar-refractivity contribution in [3.63, 3.8) is 0 Å². The van der Waals surface area contributed by atoms with Gasteiger partial charge in [0.2, 0.25) is 11.7 Å². The Morgan fingerprint density at radius 1 is 1.08 bits per heavy atom. The number of imide groups is 1. The molecule has 14 heteroatoms. The van der Waals surface area contributed by atoms with Crippen LogP contribution in [0.5, 0.6) is 11.5 Å². The first-order valence-corrected chi connectivity index (χ1v) is 11.4. The predicted octanol–water partition coefficient (Wildman–Crippen LogP) is 3.19. The molecule has 0 atom stereocenters. The fourth-order valence-electron chi connectivity index (χ4n) is 3.48. The Balaban J connectivity index is 1.50. The van der Waals surface area contributed by atoms with E-state index in [1.54, 1.807) is 12.1 Å². The average molecular weight is 514 g/mol. The number of carbonyl (C=O) groups is 3. The molecule has 4 rings (SSSR count). The van der Waals surface area contributed by atoms with E-state index in [-0.39, 0.29) is 28.9 Å². The van der Waals surface area contributed by atoms with Crippen LogP contribution in [0.1, 0.15) is 5.56 Å². The van der Waals surface area contributed by atoms with Gasteiger partial charge in [-0.2, -0.15) is 0 Å². The number of nitro benzene ring substituents is 2. The quantitative estimate of drug-likeness (QED) is 0.305. The Hall–Kier alpha value is -4.30. The first kappa shape index (κ1) is 24.8. The molecule has 0 aromatic heterocycles. The number of hydrogen-bond acceptors (Lipinski definition) is 10. The molecule has 0 aliphatic carbocycles. The van der Waals surface area contributed by atoms with Gasteiger partial charge in [0.15, 0.2) is 0 Å². The first-order chi connectivity index (χ1) is 17.2. The van der Waals surface area contributed by atoms with Gasteiger partial charge in [-0.25, -0.2) is 0 Å². The monoisotopic (exact) mass is 514 g/mol. The highest BCUT2D eigenvalue weighted by atomic mass is 32.2. The summed E-state index contributed by atoms with van der Waals surface area (Å²) in [6, 6.07) is 9.20. The van der Waals surface area contributed by atoms with Crippen molar-refractivity contribution in [2.45, 2.75) is 0 Å². The van der Waals surface area contributed by atoms with Crippen molar-refractivity contribution in [1.29, 1.82) is 0 Å². The highest BCUT2D eigenvalue weighted by Gasteiger charge is 2.37. The summed E-state index contributed by atoms with van der Waals surface area (Å²) in [5.74, 6) is -0.988. The van der Waals surface area contributed by atoms with Crippen molar-refractivity contribution < 1.29 is 33.7 Å². The van der Waals surface area contributed by atoms with Gasteiger partial charge in [0.1, 0.15) is 12.3 Å². The maximum Gasteiger partial charge on any atom is 0.318 e. The van der Waals surface area contributed by atoms with Gasteiger partial charge in [-0.3, -0.25) is 39.5 Å². The molecular formula is C22H18N4O9S. The molecule has 0 unspecified atom stereocenters. The maximum absolute atomic E-state index is 12.8. The molecule has 0 N–H and O–H groups in total. The zero-order valence-electron chi connectivity index (χ0n) is 18.5. The van der Waals surface area contributed by atoms with E-state index in [1.165, 1.54) is 23.1 Å². The number of non-ortho nitro benzene ring substituents is 1. The Kier molecular flexibility index (Phi) is 7.26. The van der Waals surface area contributed by atoms with E-state index in [1.807, 2.05) is 0 Å². The third-order valence-corrected chi connectivity index (χ3v) is 6.17. The minimum absolute atomic E-state index is 0.105. The molecular weight excluding hydrogens is 496 g/mol. The average Bonchev–Trinajstić information content (AvgIpc) is 3.12. The molecule has 13 nitrogen and oxygen atoms in total. The molecule has 2 saturated heterocycles. The molecule has 0 spiro atoms. The van der Waals surface area contributed by atoms with Crippen LogP contribution in [-0.4, -0.2) is 69.5 Å². The molecule has 2 fully saturated rings. The number of hydrogen-bond donors (Lipinski definition) is 0. The zero-order chi connectivity index (χ0) is 25.8. The molecule has 0 bridgehead atoms. The third-order valence-electron chi connectivity index (χ3n) is 5.26. The Morgan fingerprint density at radius 2 is 1.83 bits per heavy atom. The summed E-state index contributed by atoms with van der Waals surface area (Å²) in [4.78, 5) is 60.9. The van der Waals surface area contributed by atoms with E-state index in [9.17, 15) is 34.6 Å². The largest absolute Gasteiger partial charge is 0.450 e. The van der Waals surface area contributed by atoms with Gasteiger partial charge in [-0.1, -0.05) is 12.1 Å². The summed E-state index contributed by atoms with van der Waals surface area (Å²) < 4.78 is 10.8. The number of ether oxygens (including phenoxy) is 2. The second kappa shape index (κ2) is 10.5. The highest BCUT2D eigenvalue weighted by Crippen LogP contribution is 2.36. The minimum atomic E-state index is -0.791. The van der Waals surface area contributed by atoms with E-state index in [0.717, 1.165) is 23.1 Å². The number of morpholine rings is 1. The molecule has 0 radical (unpaired) electrons. The van der Waals surface area contributed by atoms with Crippen LogP contribution in [0.2, 0.25) is 0 Å². The fourth-order valence-corrected chi connectivity index (χ4v) is 4.32. The van der Waals surface area contributed by atoms with Crippen LogP contribution in [0.4, 0.5) is 16.2 Å². The summed E-state index contributed by atoms with van der Waals surface area (Å²) in [5, 5.41) is 21.7. The van der Waals surface area contributed by atoms with Gasteiger partial charge >= 0.3 is 5.69 Å². The van der Waals surface area contributed by atoms with Gasteiger partial charge in [-0.15, -0.1) is 0 Å². The fraction of sp³-hybridized carbons (Fsp3) is 0.227. The number of nitro groups is 2. The normalized spacial score (nSPS) is 16.9. The SMILES string of the molecule is O=C(CN1C(=O)S/C(=C\c2cccc(Oc3ccc([N+](=O)[O-])cc3[N+](=O)[O-])c2)C1=O)N1CCOCC1. The number of thioether (sulfide) groups is 1. The number of nitrogens with zero attached hydrogens (tertiary/aromatic N) is 4. The van der Waals surface area contributed by atoms with Crippen molar-refractivity contribution in [3.05, 3.63) is 73.2 Å². The van der Waals surface area contributed by atoms with Crippen LogP contribution < -0.4 is 4.74 Å². The maximum atomic E-state index is 12.8. The summed E-state index contributed by atoms with van der Waals surface area (Å²) in [7, 11) is 0. The van der Waals surface area contributed by atoms with Crippen LogP contribution in [0, 0.1) is 20.2 Å². The molecule has 2 aliphatic rings. The summed E-state index contributed by atoms with van der Waals surface area (Å²) in [5.41, 5.74) is -0.576. The van der Waals surface area contributed by atoms with Gasteiger partial charge < -0.3 is 14.4 Å². The molecule has 3 amide bonds. The van der Waals surface area contributed by atoms with Crippen LogP contribution in [-0.2, 0) is 14.3 Å². The standard InChI is InChI=1S/C22H18N4O9S/c27-20(23-6-8-34-9-7-23)13-24-21(28)19(36-22(24)29)11-14-2-1-3-16(10-14)35-18-5-4-15(25(30)31)12-17(18)26(32)33/h1-5,10-12H,6-9,13H2/b19-11-. The first-order valence-electron chi connectivity index (χ1n) is 10.5. The lowest BCUT2D eigenvalue weighted by molar-refractivity contribution is -0.394. The van der Waals surface area contributed by atoms with E-state index < -0.39 is 32.4 Å². The Labute approximate surface area is 207 Å². The van der Waals surface area contributed by atoms with Crippen molar-refractivity contribution in [1.82, 2.24) is 9.80 Å². The lowest BCUT2D eigenvalue weighted by atomic mass is 10.2. The third kappa shape index (κ3) is 5.50. The van der Waals surface area contributed by atoms with E-state index >= 15 is 0 Å². The van der Waals surface area contributed by atoms with E-state index in [0.29, 0.717) is 43.6 Å². The summed E-state index contributed by atoms with van der Waals surface area (Å²) in [6.45, 7) is 1.22. The van der Waals surface area contributed by atoms with Gasteiger partial charge in [0.25, 0.3) is 16.8 Å². The minimum Gasteiger partial charge on any atom is -0.450 e. The van der Waals surface area contributed by atoms with Gasteiger partial charge in [0, 0.05) is 19.2 Å². The van der Waals surface area contributed by atoms with Crippen LogP contribution in [0.25, 0.3) is 6.08 Å². The predicted molar refractivity (Wildman–Crippen MR) is 126 cm³/mol. The lowest BCUT2D eigenvalue weighted by Crippen LogP contribution is -2.46. The zero-order valence-corrected chi connectivity index (χ0v) is 19.3. The van der Waals surface area contributed by atoms with Gasteiger partial charge in [0.05, 0.1) is 34.0 Å². The second-order valence-electron chi connectivity index (χ2n) is 7.60. The number of carbonyl (C=O) groups excluding carboxylic acids is 3. The Morgan fingerprint density at radius 3 is 2.53 bits per heavy atom. The topological polar surface area (TPSA) is 162 Å². The molecule has 2 heterocycles. The van der Waals surface area contributed by atoms with Crippen LogP contribution in [0.15, 0.2) is 47.4 Å². The van der Waals surface area contributed by atoms with Crippen molar-refractivity contribution in [2.24, 2.45) is 0 Å². The summed E-state index contributed by atoms with van der Waals surface area (Å²) >= 11 is 0.695. The second-order valence-corrected chi connectivity index (χ2v) is 8.60. The molecule has 2 aliphatic heterocycles. The smallest absolute Gasteiger partial charge is 0.318 e. The highest BCUT2D eigenvalue weighted by molar-refractivity contribution is 8.18. The van der Waals surface area contributed by atoms with E-state index in [4.69, 9.17) is 9.47 Å². The van der Waals surface area contributed by atoms with Crippen molar-refractivity contribution >= 4 is 46.3 Å². The van der Waals surface area contributed by atoms with E-state index in [2.05, 4.69) is 0 Å². The Bertz CT molecular complexity index is 1290. The number of benzene rings is 2.